The van der Waals surface area contributed by atoms with E-state index < -0.39 is 0 Å². The molecule has 120 valence electrons. The molecule has 0 aromatic carbocycles. The van der Waals surface area contributed by atoms with E-state index in [9.17, 15) is 0 Å². The van der Waals surface area contributed by atoms with Gasteiger partial charge in [0.05, 0.1) is 25.5 Å². The molecule has 0 amide bonds. The molecule has 0 aliphatic carbocycles. The lowest BCUT2D eigenvalue weighted by atomic mass is 10.2. The van der Waals surface area contributed by atoms with Crippen molar-refractivity contribution in [3.63, 3.8) is 0 Å². The first kappa shape index (κ1) is 18.1. The van der Waals surface area contributed by atoms with E-state index in [0.29, 0.717) is 25.7 Å². The number of pyridine rings is 1. The van der Waals surface area contributed by atoms with Gasteiger partial charge in [-0.25, -0.2) is 0 Å². The fourth-order valence-corrected chi connectivity index (χ4v) is 1.79. The fraction of sp³-hybridized carbons (Fsp3) is 0.706. The van der Waals surface area contributed by atoms with E-state index >= 15 is 0 Å². The van der Waals surface area contributed by atoms with E-state index in [-0.39, 0.29) is 0 Å². The van der Waals surface area contributed by atoms with Crippen LogP contribution in [0.1, 0.15) is 44.9 Å². The summed E-state index contributed by atoms with van der Waals surface area (Å²) in [7, 11) is 0. The lowest BCUT2D eigenvalue weighted by molar-refractivity contribution is 0.0386. The van der Waals surface area contributed by atoms with Crippen molar-refractivity contribution >= 4 is 0 Å². The average Bonchev–Trinajstić information content (AvgIpc) is 2.47. The van der Waals surface area contributed by atoms with Crippen LogP contribution in [0.25, 0.3) is 0 Å². The molecule has 21 heavy (non-hydrogen) atoms. The van der Waals surface area contributed by atoms with Crippen molar-refractivity contribution in [1.29, 1.82) is 0 Å². The van der Waals surface area contributed by atoms with Crippen LogP contribution in [0.15, 0.2) is 18.3 Å². The van der Waals surface area contributed by atoms with Crippen LogP contribution in [0.4, 0.5) is 0 Å². The average molecular weight is 294 g/mol. The van der Waals surface area contributed by atoms with Gasteiger partial charge in [0.15, 0.2) is 0 Å². The normalized spacial score (nSPS) is 11.2. The maximum atomic E-state index is 5.55. The van der Waals surface area contributed by atoms with Crippen LogP contribution in [0.3, 0.4) is 0 Å². The molecule has 0 fully saturated rings. The van der Waals surface area contributed by atoms with Gasteiger partial charge in [-0.15, -0.1) is 0 Å². The SMILES string of the molecule is CCCCOCCOCc1ccc(CNCC(C)C)cn1. The summed E-state index contributed by atoms with van der Waals surface area (Å²) in [5, 5.41) is 3.41. The van der Waals surface area contributed by atoms with E-state index in [0.717, 1.165) is 31.8 Å². The maximum Gasteiger partial charge on any atom is 0.0889 e. The predicted octanol–water partition coefficient (Wildman–Crippen LogP) is 3.16. The first-order valence-electron chi connectivity index (χ1n) is 8.02. The first-order valence-corrected chi connectivity index (χ1v) is 8.02. The van der Waals surface area contributed by atoms with E-state index in [4.69, 9.17) is 9.47 Å². The summed E-state index contributed by atoms with van der Waals surface area (Å²) in [4.78, 5) is 4.42. The molecule has 1 heterocycles. The molecule has 1 N–H and O–H groups in total. The Kier molecular flexibility index (Phi) is 10.0. The molecule has 0 saturated heterocycles. The highest BCUT2D eigenvalue weighted by Crippen LogP contribution is 2.02. The Hall–Kier alpha value is -0.970. The summed E-state index contributed by atoms with van der Waals surface area (Å²) >= 11 is 0. The van der Waals surface area contributed by atoms with E-state index in [1.807, 2.05) is 12.3 Å². The quantitative estimate of drug-likeness (QED) is 0.601. The Bertz CT molecular complexity index is 352. The molecule has 0 aliphatic rings. The van der Waals surface area contributed by atoms with Crippen molar-refractivity contribution in [3.8, 4) is 0 Å². The maximum absolute atomic E-state index is 5.55. The van der Waals surface area contributed by atoms with Crippen molar-refractivity contribution in [3.05, 3.63) is 29.6 Å². The Morgan fingerprint density at radius 1 is 1.14 bits per heavy atom. The number of hydrogen-bond acceptors (Lipinski definition) is 4. The van der Waals surface area contributed by atoms with Crippen LogP contribution in [0, 0.1) is 5.92 Å². The lowest BCUT2D eigenvalue weighted by Gasteiger charge is -2.08. The molecule has 4 nitrogen and oxygen atoms in total. The minimum Gasteiger partial charge on any atom is -0.379 e. The van der Waals surface area contributed by atoms with Crippen molar-refractivity contribution in [2.75, 3.05) is 26.4 Å². The molecule has 0 radical (unpaired) electrons. The van der Waals surface area contributed by atoms with Crippen LogP contribution in [-0.4, -0.2) is 31.3 Å². The zero-order valence-corrected chi connectivity index (χ0v) is 13.7. The largest absolute Gasteiger partial charge is 0.379 e. The van der Waals surface area contributed by atoms with Crippen molar-refractivity contribution in [1.82, 2.24) is 10.3 Å². The number of ether oxygens (including phenoxy) is 2. The highest BCUT2D eigenvalue weighted by Gasteiger charge is 1.98. The third-order valence-corrected chi connectivity index (χ3v) is 3.03. The number of nitrogens with zero attached hydrogens (tertiary/aromatic N) is 1. The highest BCUT2D eigenvalue weighted by atomic mass is 16.5. The molecule has 0 saturated carbocycles. The minimum absolute atomic E-state index is 0.552. The molecular weight excluding hydrogens is 264 g/mol. The minimum atomic E-state index is 0.552. The van der Waals surface area contributed by atoms with Gasteiger partial charge in [-0.1, -0.05) is 33.3 Å². The molecule has 1 aromatic rings. The number of unbranched alkanes of at least 4 members (excludes halogenated alkanes) is 1. The molecule has 1 rings (SSSR count). The van der Waals surface area contributed by atoms with E-state index in [1.165, 1.54) is 12.0 Å². The van der Waals surface area contributed by atoms with Gasteiger partial charge in [-0.2, -0.15) is 0 Å². The Morgan fingerprint density at radius 2 is 1.95 bits per heavy atom. The van der Waals surface area contributed by atoms with Crippen LogP contribution in [-0.2, 0) is 22.6 Å². The van der Waals surface area contributed by atoms with Gasteiger partial charge >= 0.3 is 0 Å². The Labute approximate surface area is 129 Å². The van der Waals surface area contributed by atoms with Crippen LogP contribution >= 0.6 is 0 Å². The molecule has 0 atom stereocenters. The molecule has 4 heteroatoms. The van der Waals surface area contributed by atoms with Gasteiger partial charge < -0.3 is 14.8 Å². The van der Waals surface area contributed by atoms with Crippen LogP contribution in [0.2, 0.25) is 0 Å². The Morgan fingerprint density at radius 3 is 2.62 bits per heavy atom. The predicted molar refractivity (Wildman–Crippen MR) is 86.2 cm³/mol. The number of rotatable bonds is 12. The van der Waals surface area contributed by atoms with Gasteiger partial charge in [0, 0.05) is 19.3 Å². The Balaban J connectivity index is 2.10. The van der Waals surface area contributed by atoms with Gasteiger partial charge in [-0.3, -0.25) is 4.98 Å². The van der Waals surface area contributed by atoms with Crippen molar-refractivity contribution in [2.24, 2.45) is 5.92 Å². The van der Waals surface area contributed by atoms with E-state index in [2.05, 4.69) is 37.1 Å². The summed E-state index contributed by atoms with van der Waals surface area (Å²) in [5.74, 6) is 0.671. The topological polar surface area (TPSA) is 43.4 Å². The first-order chi connectivity index (χ1) is 10.2. The number of nitrogens with one attached hydrogen (secondary N) is 1. The molecule has 0 aliphatic heterocycles. The third kappa shape index (κ3) is 9.56. The van der Waals surface area contributed by atoms with Crippen molar-refractivity contribution < 1.29 is 9.47 Å². The third-order valence-electron chi connectivity index (χ3n) is 3.03. The van der Waals surface area contributed by atoms with Gasteiger partial charge in [0.25, 0.3) is 0 Å². The standard InChI is InChI=1S/C17H30N2O2/c1-4-5-8-20-9-10-21-14-17-7-6-16(13-19-17)12-18-11-15(2)3/h6-7,13,15,18H,4-5,8-12,14H2,1-3H3. The number of aromatic nitrogens is 1. The van der Waals surface area contributed by atoms with Gasteiger partial charge in [0.2, 0.25) is 0 Å². The summed E-state index contributed by atoms with van der Waals surface area (Å²) < 4.78 is 11.0. The zero-order chi connectivity index (χ0) is 15.3. The fourth-order valence-electron chi connectivity index (χ4n) is 1.79. The monoisotopic (exact) mass is 294 g/mol. The van der Waals surface area contributed by atoms with Crippen LogP contribution in [0.5, 0.6) is 0 Å². The number of hydrogen-bond donors (Lipinski definition) is 1. The summed E-state index contributed by atoms with van der Waals surface area (Å²) in [6, 6.07) is 4.14. The van der Waals surface area contributed by atoms with Gasteiger partial charge in [0.1, 0.15) is 0 Å². The molecular formula is C17H30N2O2. The van der Waals surface area contributed by atoms with Gasteiger partial charge in [-0.05, 0) is 30.5 Å². The summed E-state index contributed by atoms with van der Waals surface area (Å²) in [6.07, 6.45) is 4.21. The van der Waals surface area contributed by atoms with Crippen molar-refractivity contribution in [2.45, 2.75) is 46.8 Å². The second-order valence-electron chi connectivity index (χ2n) is 5.70. The molecule has 0 bridgehead atoms. The molecule has 0 unspecified atom stereocenters. The highest BCUT2D eigenvalue weighted by molar-refractivity contribution is 5.13. The lowest BCUT2D eigenvalue weighted by Crippen LogP contribution is -2.19. The van der Waals surface area contributed by atoms with E-state index in [1.54, 1.807) is 0 Å². The summed E-state index contributed by atoms with van der Waals surface area (Å²) in [5.41, 5.74) is 2.18. The second kappa shape index (κ2) is 11.7. The zero-order valence-electron chi connectivity index (χ0n) is 13.7. The second-order valence-corrected chi connectivity index (χ2v) is 5.70. The smallest absolute Gasteiger partial charge is 0.0889 e. The summed E-state index contributed by atoms with van der Waals surface area (Å²) in [6.45, 7) is 11.1. The van der Waals surface area contributed by atoms with Crippen LogP contribution < -0.4 is 5.32 Å². The molecule has 0 spiro atoms. The molecule has 1 aromatic heterocycles.